The number of benzene rings is 1. The van der Waals surface area contributed by atoms with E-state index in [1.165, 1.54) is 4.57 Å². The molecule has 0 aliphatic heterocycles. The lowest BCUT2D eigenvalue weighted by Crippen LogP contribution is -2.33. The molecule has 146 valence electrons. The van der Waals surface area contributed by atoms with Crippen molar-refractivity contribution < 1.29 is 4.79 Å². The smallest absolute Gasteiger partial charge is 0.273 e. The molecule has 0 saturated heterocycles. The number of nitrogens with zero attached hydrogens (tertiary/aromatic N) is 3. The minimum atomic E-state index is -0.759. The van der Waals surface area contributed by atoms with Gasteiger partial charge in [-0.1, -0.05) is 32.4 Å². The summed E-state index contributed by atoms with van der Waals surface area (Å²) < 4.78 is 2.12. The summed E-state index contributed by atoms with van der Waals surface area (Å²) in [5.74, 6) is -0.320. The van der Waals surface area contributed by atoms with Crippen molar-refractivity contribution in [3.05, 3.63) is 78.9 Å². The maximum atomic E-state index is 13.2. The highest BCUT2D eigenvalue weighted by Gasteiger charge is 2.27. The Balaban J connectivity index is 2.43. The lowest BCUT2D eigenvalue weighted by molar-refractivity contribution is -0.120. The number of aromatic nitrogens is 2. The fraction of sp³-hybridized carbons (Fsp3) is 0.182. The van der Waals surface area contributed by atoms with Crippen LogP contribution in [0.25, 0.3) is 17.3 Å². The van der Waals surface area contributed by atoms with Crippen LogP contribution >= 0.6 is 22.9 Å². The van der Waals surface area contributed by atoms with Crippen molar-refractivity contribution in [2.24, 2.45) is 5.41 Å². The molecule has 0 aliphatic rings. The van der Waals surface area contributed by atoms with Crippen LogP contribution in [0.2, 0.25) is 5.02 Å². The highest BCUT2D eigenvalue weighted by Crippen LogP contribution is 2.20. The summed E-state index contributed by atoms with van der Waals surface area (Å²) >= 11 is 7.10. The molecule has 3 rings (SSSR count). The number of hydrogen-bond acceptors (Lipinski definition) is 5. The molecule has 7 heteroatoms. The van der Waals surface area contributed by atoms with Gasteiger partial charge in [-0.15, -0.1) is 11.3 Å². The van der Waals surface area contributed by atoms with Crippen molar-refractivity contribution in [2.75, 3.05) is 0 Å². The largest absolute Gasteiger partial charge is 0.293 e. The van der Waals surface area contributed by atoms with Gasteiger partial charge in [0.15, 0.2) is 5.78 Å². The quantitative estimate of drug-likeness (QED) is 0.648. The van der Waals surface area contributed by atoms with Crippen LogP contribution in [0.3, 0.4) is 0 Å². The zero-order chi connectivity index (χ0) is 21.2. The van der Waals surface area contributed by atoms with E-state index in [9.17, 15) is 14.9 Å². The summed E-state index contributed by atoms with van der Waals surface area (Å²) in [5, 5.41) is 10.3. The first-order valence-corrected chi connectivity index (χ1v) is 10.0. The summed E-state index contributed by atoms with van der Waals surface area (Å²) in [6, 6.07) is 12.3. The number of ketones is 1. The van der Waals surface area contributed by atoms with Gasteiger partial charge in [-0.2, -0.15) is 5.26 Å². The second-order valence-electron chi connectivity index (χ2n) is 7.38. The highest BCUT2D eigenvalue weighted by atomic mass is 35.5. The van der Waals surface area contributed by atoms with Gasteiger partial charge in [-0.3, -0.25) is 19.1 Å². The molecule has 0 saturated carbocycles. The van der Waals surface area contributed by atoms with Crippen LogP contribution < -0.4 is 14.8 Å². The first-order valence-electron chi connectivity index (χ1n) is 8.81. The van der Waals surface area contributed by atoms with E-state index in [1.54, 1.807) is 75.6 Å². The number of carbonyl (C=O) groups is 1. The molecule has 0 N–H and O–H groups in total. The SMILES string of the molecule is CC(C)(C)C(=O)/C(C#N)=c1\s/c(=C\c2ccncc2)c(=O)n1-c1ccc(Cl)cc1. The Labute approximate surface area is 176 Å². The van der Waals surface area contributed by atoms with Gasteiger partial charge in [-0.25, -0.2) is 0 Å². The van der Waals surface area contributed by atoms with Gasteiger partial charge < -0.3 is 0 Å². The molecule has 0 amide bonds. The Morgan fingerprint density at radius 3 is 2.34 bits per heavy atom. The van der Waals surface area contributed by atoms with E-state index in [0.29, 0.717) is 19.9 Å². The number of halogens is 1. The summed E-state index contributed by atoms with van der Waals surface area (Å²) in [7, 11) is 0. The predicted molar refractivity (Wildman–Crippen MR) is 115 cm³/mol. The molecule has 5 nitrogen and oxygen atoms in total. The standard InChI is InChI=1S/C22H18ClN3O2S/c1-22(2,3)19(27)17(13-24)21-26(16-6-4-15(23)5-7-16)20(28)18(29-21)12-14-8-10-25-11-9-14/h4-12H,1-3H3/b18-12-,21-17-. The van der Waals surface area contributed by atoms with E-state index in [0.717, 1.165) is 16.9 Å². The maximum Gasteiger partial charge on any atom is 0.273 e. The van der Waals surface area contributed by atoms with Crippen molar-refractivity contribution in [1.29, 1.82) is 5.26 Å². The Morgan fingerprint density at radius 2 is 1.79 bits per heavy atom. The molecule has 1 aromatic carbocycles. The molecular weight excluding hydrogens is 406 g/mol. The van der Waals surface area contributed by atoms with Crippen LogP contribution in [0.4, 0.5) is 0 Å². The third-order valence-electron chi connectivity index (χ3n) is 4.15. The number of pyridine rings is 1. The monoisotopic (exact) mass is 423 g/mol. The van der Waals surface area contributed by atoms with Crippen LogP contribution in [0.5, 0.6) is 0 Å². The molecule has 0 unspecified atom stereocenters. The lowest BCUT2D eigenvalue weighted by Gasteiger charge is -2.15. The Hall–Kier alpha value is -3.01. The average Bonchev–Trinajstić information content (AvgIpc) is 2.99. The number of Topliss-reactive ketones (excluding diaryl/α,β-unsaturated/α-hetero) is 1. The van der Waals surface area contributed by atoms with Gasteiger partial charge in [0.25, 0.3) is 5.56 Å². The molecule has 29 heavy (non-hydrogen) atoms. The van der Waals surface area contributed by atoms with E-state index < -0.39 is 5.41 Å². The average molecular weight is 424 g/mol. The molecule has 0 radical (unpaired) electrons. The molecule has 0 aliphatic carbocycles. The van der Waals surface area contributed by atoms with Crippen molar-refractivity contribution in [3.63, 3.8) is 0 Å². The van der Waals surface area contributed by atoms with E-state index in [4.69, 9.17) is 11.6 Å². The van der Waals surface area contributed by atoms with Crippen LogP contribution in [0, 0.1) is 16.7 Å². The first-order chi connectivity index (χ1) is 13.7. The predicted octanol–water partition coefficient (Wildman–Crippen LogP) is 3.07. The Morgan fingerprint density at radius 1 is 1.17 bits per heavy atom. The second-order valence-corrected chi connectivity index (χ2v) is 8.85. The van der Waals surface area contributed by atoms with E-state index in [2.05, 4.69) is 4.98 Å². The second kappa shape index (κ2) is 8.16. The fourth-order valence-electron chi connectivity index (χ4n) is 2.66. The number of nitriles is 1. The van der Waals surface area contributed by atoms with Gasteiger partial charge in [-0.05, 0) is 48.0 Å². The van der Waals surface area contributed by atoms with Crippen LogP contribution in [-0.4, -0.2) is 15.3 Å². The summed E-state index contributed by atoms with van der Waals surface area (Å²) in [4.78, 5) is 30.1. The normalized spacial score (nSPS) is 13.1. The molecule has 0 bridgehead atoms. The first kappa shape index (κ1) is 20.7. The molecule has 3 aromatic rings. The maximum absolute atomic E-state index is 13.2. The topological polar surface area (TPSA) is 75.8 Å². The molecular formula is C22H18ClN3O2S. The van der Waals surface area contributed by atoms with Gasteiger partial charge in [0.05, 0.1) is 10.2 Å². The highest BCUT2D eigenvalue weighted by molar-refractivity contribution is 7.07. The van der Waals surface area contributed by atoms with Gasteiger partial charge in [0, 0.05) is 22.8 Å². The van der Waals surface area contributed by atoms with Gasteiger partial charge in [0.1, 0.15) is 16.3 Å². The summed E-state index contributed by atoms with van der Waals surface area (Å²) in [6.07, 6.45) is 4.99. The molecule has 0 atom stereocenters. The van der Waals surface area contributed by atoms with E-state index in [-0.39, 0.29) is 16.9 Å². The minimum Gasteiger partial charge on any atom is -0.293 e. The Bertz CT molecular complexity index is 1280. The van der Waals surface area contributed by atoms with Crippen molar-refractivity contribution in [2.45, 2.75) is 20.8 Å². The van der Waals surface area contributed by atoms with Crippen molar-refractivity contribution >= 4 is 40.4 Å². The molecule has 2 heterocycles. The zero-order valence-corrected chi connectivity index (χ0v) is 17.7. The van der Waals surface area contributed by atoms with Crippen molar-refractivity contribution in [1.82, 2.24) is 9.55 Å². The van der Waals surface area contributed by atoms with Crippen LogP contribution in [0.15, 0.2) is 53.6 Å². The molecule has 0 fully saturated rings. The van der Waals surface area contributed by atoms with Crippen LogP contribution in [0.1, 0.15) is 26.3 Å². The lowest BCUT2D eigenvalue weighted by atomic mass is 9.87. The van der Waals surface area contributed by atoms with Gasteiger partial charge >= 0.3 is 0 Å². The van der Waals surface area contributed by atoms with Crippen molar-refractivity contribution in [3.8, 4) is 11.8 Å². The summed E-state index contributed by atoms with van der Waals surface area (Å²) in [6.45, 7) is 5.24. The summed E-state index contributed by atoms with van der Waals surface area (Å²) in [5.41, 5.74) is 0.232. The third-order valence-corrected chi connectivity index (χ3v) is 5.49. The molecule has 0 spiro atoms. The van der Waals surface area contributed by atoms with E-state index in [1.807, 2.05) is 6.07 Å². The number of thiazole rings is 1. The number of carbonyl (C=O) groups excluding carboxylic acids is 1. The fourth-order valence-corrected chi connectivity index (χ4v) is 3.88. The number of hydrogen-bond donors (Lipinski definition) is 0. The molecule has 2 aromatic heterocycles. The Kier molecular flexibility index (Phi) is 5.83. The number of rotatable bonds is 3. The zero-order valence-electron chi connectivity index (χ0n) is 16.1. The van der Waals surface area contributed by atoms with E-state index >= 15 is 0 Å². The van der Waals surface area contributed by atoms with Crippen LogP contribution in [-0.2, 0) is 4.79 Å². The van der Waals surface area contributed by atoms with Gasteiger partial charge in [0.2, 0.25) is 0 Å². The third kappa shape index (κ3) is 4.37. The minimum absolute atomic E-state index is 0.0380.